The van der Waals surface area contributed by atoms with Crippen molar-refractivity contribution in [2.75, 3.05) is 7.05 Å². The fourth-order valence-corrected chi connectivity index (χ4v) is 1.72. The van der Waals surface area contributed by atoms with Crippen molar-refractivity contribution in [3.8, 4) is 0 Å². The number of primary amides is 2. The Hall–Kier alpha value is -2.40. The van der Waals surface area contributed by atoms with Crippen LogP contribution in [0.2, 0.25) is 0 Å². The lowest BCUT2D eigenvalue weighted by Crippen LogP contribution is -2.35. The Kier molecular flexibility index (Phi) is 46.5. The second-order valence-electron chi connectivity index (χ2n) is 14.6. The highest BCUT2D eigenvalue weighted by Crippen LogP contribution is 2.23. The maximum Gasteiger partial charge on any atom is 0.312 e. The number of carboxylic acid groups (broad SMARTS) is 1. The number of hydrogen-bond donors (Lipinski definition) is 7. The first-order chi connectivity index (χ1) is 20.6. The van der Waals surface area contributed by atoms with Gasteiger partial charge in [0, 0.05) is 30.0 Å². The van der Waals surface area contributed by atoms with Gasteiger partial charge in [-0.05, 0) is 51.1 Å². The second kappa shape index (κ2) is 36.4. The minimum absolute atomic E-state index is 0. The zero-order valence-electron chi connectivity index (χ0n) is 33.3. The van der Waals surface area contributed by atoms with Crippen LogP contribution in [0.15, 0.2) is 0 Å². The van der Waals surface area contributed by atoms with Crippen molar-refractivity contribution >= 4 is 23.8 Å². The van der Waals surface area contributed by atoms with Gasteiger partial charge in [-0.15, -0.1) is 0 Å². The molecule has 47 heavy (non-hydrogen) atoms. The maximum atomic E-state index is 11.2. The van der Waals surface area contributed by atoms with Crippen LogP contribution in [0.1, 0.15) is 151 Å². The summed E-state index contributed by atoms with van der Waals surface area (Å²) >= 11 is 0. The van der Waals surface area contributed by atoms with Crippen LogP contribution in [0, 0.1) is 29.1 Å². The first kappa shape index (κ1) is 60.0. The molecule has 11 heteroatoms. The number of nitrogens with one attached hydrogen (secondary N) is 3. The molecule has 1 aliphatic rings. The standard InChI is InChI=1S/C9H17NO.C7H16.C4H10N2O.C4H9NO.C4H11N.C4H8O2.C3H9N.CH4/c1-7(2)9(11)10-8-5-3-4-6-8;1-6(2)7(3,4)5;1-3(2)6-4(5)7;1-3(2)4(5)6;1-4(2)5-3;1-3(2)4(5)6;1-3(2)4;/h7-8H,3-6H2,1-2H3,(H,10,11);6H,1-5H3;3H,1-2H3,(H3,5,6,7);3H,1-2H3,(H2,5,6);4-5H,1-3H3;3H,1-2H3,(H,5,6);3H,4H2,1-2H3;1H4. The molecule has 11 nitrogen and oxygen atoms in total. The van der Waals surface area contributed by atoms with Crippen molar-refractivity contribution in [1.82, 2.24) is 16.0 Å². The van der Waals surface area contributed by atoms with Crippen molar-refractivity contribution in [3.63, 3.8) is 0 Å². The number of amides is 4. The van der Waals surface area contributed by atoms with Gasteiger partial charge in [0.1, 0.15) is 0 Å². The molecule has 0 aromatic heterocycles. The first-order valence-electron chi connectivity index (χ1n) is 16.9. The molecule has 0 saturated heterocycles. The Morgan fingerprint density at radius 3 is 1.09 bits per heavy atom. The summed E-state index contributed by atoms with van der Waals surface area (Å²) in [6, 6.07) is 1.13. The molecular formula is C36H84N6O5. The quantitative estimate of drug-likeness (QED) is 0.158. The lowest BCUT2D eigenvalue weighted by atomic mass is 9.84. The molecule has 0 unspecified atom stereocenters. The van der Waals surface area contributed by atoms with E-state index in [2.05, 4.69) is 64.4 Å². The molecular weight excluding hydrogens is 596 g/mol. The summed E-state index contributed by atoms with van der Waals surface area (Å²) in [6.45, 7) is 33.8. The van der Waals surface area contributed by atoms with Crippen molar-refractivity contribution in [1.29, 1.82) is 0 Å². The molecule has 0 radical (unpaired) electrons. The normalized spacial score (nSPS) is 11.9. The van der Waals surface area contributed by atoms with E-state index < -0.39 is 12.0 Å². The van der Waals surface area contributed by atoms with Crippen LogP contribution >= 0.6 is 0 Å². The smallest absolute Gasteiger partial charge is 0.312 e. The van der Waals surface area contributed by atoms with Gasteiger partial charge in [-0.2, -0.15) is 0 Å². The van der Waals surface area contributed by atoms with Crippen molar-refractivity contribution in [3.05, 3.63) is 0 Å². The molecule has 0 aliphatic heterocycles. The monoisotopic (exact) mass is 681 g/mol. The summed E-state index contributed by atoms with van der Waals surface area (Å²) in [5.74, 6) is -0.0833. The van der Waals surface area contributed by atoms with Crippen LogP contribution < -0.4 is 33.2 Å². The molecule has 0 aromatic carbocycles. The molecule has 0 aromatic rings. The average molecular weight is 681 g/mol. The highest BCUT2D eigenvalue weighted by Gasteiger charge is 2.18. The molecule has 0 bridgehead atoms. The molecule has 10 N–H and O–H groups in total. The van der Waals surface area contributed by atoms with Crippen molar-refractivity contribution in [2.24, 2.45) is 46.3 Å². The molecule has 288 valence electrons. The molecule has 0 spiro atoms. The van der Waals surface area contributed by atoms with E-state index in [0.717, 1.165) is 5.92 Å². The van der Waals surface area contributed by atoms with E-state index in [0.29, 0.717) is 23.5 Å². The molecule has 0 heterocycles. The van der Waals surface area contributed by atoms with E-state index in [9.17, 15) is 19.2 Å². The number of carbonyl (C=O) groups excluding carboxylic acids is 3. The van der Waals surface area contributed by atoms with Gasteiger partial charge < -0.3 is 38.3 Å². The van der Waals surface area contributed by atoms with E-state index in [1.807, 2.05) is 48.6 Å². The summed E-state index contributed by atoms with van der Waals surface area (Å²) in [4.78, 5) is 40.7. The van der Waals surface area contributed by atoms with Crippen LogP contribution in [0.3, 0.4) is 0 Å². The highest BCUT2D eigenvalue weighted by atomic mass is 16.4. The van der Waals surface area contributed by atoms with Gasteiger partial charge in [0.05, 0.1) is 5.92 Å². The fraction of sp³-hybridized carbons (Fsp3) is 0.889. The Balaban J connectivity index is -0.0000000812. The summed E-state index contributed by atoms with van der Waals surface area (Å²) in [7, 11) is 1.95. The number of hydrogen-bond acceptors (Lipinski definition) is 6. The predicted octanol–water partition coefficient (Wildman–Crippen LogP) is 6.91. The summed E-state index contributed by atoms with van der Waals surface area (Å²) in [5, 5.41) is 16.5. The molecule has 1 rings (SSSR count). The van der Waals surface area contributed by atoms with Crippen molar-refractivity contribution < 1.29 is 24.3 Å². The summed E-state index contributed by atoms with van der Waals surface area (Å²) < 4.78 is 0. The van der Waals surface area contributed by atoms with E-state index in [-0.39, 0.29) is 43.0 Å². The van der Waals surface area contributed by atoms with Crippen LogP contribution in [-0.4, -0.2) is 60.1 Å². The summed E-state index contributed by atoms with van der Waals surface area (Å²) in [5.41, 5.74) is 15.2. The number of carboxylic acids is 1. The molecule has 1 fully saturated rings. The largest absolute Gasteiger partial charge is 0.481 e. The number of urea groups is 1. The van der Waals surface area contributed by atoms with Gasteiger partial charge in [0.25, 0.3) is 0 Å². The van der Waals surface area contributed by atoms with Gasteiger partial charge in [-0.3, -0.25) is 14.4 Å². The average Bonchev–Trinajstić information content (AvgIpc) is 3.37. The zero-order chi connectivity index (χ0) is 38.4. The molecule has 1 saturated carbocycles. The van der Waals surface area contributed by atoms with Crippen LogP contribution in [0.5, 0.6) is 0 Å². The van der Waals surface area contributed by atoms with E-state index >= 15 is 0 Å². The van der Waals surface area contributed by atoms with Gasteiger partial charge in [-0.1, -0.05) is 124 Å². The number of aliphatic carboxylic acids is 1. The molecule has 1 aliphatic carbocycles. The third-order valence-corrected chi connectivity index (χ3v) is 6.03. The Morgan fingerprint density at radius 2 is 0.979 bits per heavy atom. The highest BCUT2D eigenvalue weighted by molar-refractivity contribution is 5.78. The Bertz CT molecular complexity index is 705. The number of nitrogens with two attached hydrogens (primary N) is 3. The first-order valence-corrected chi connectivity index (χ1v) is 16.9. The minimum atomic E-state index is -0.741. The third-order valence-electron chi connectivity index (χ3n) is 6.03. The number of carbonyl (C=O) groups is 4. The SMILES string of the molecule is C.CC(C)C(=O)NC1CCCC1.CC(C)C(=O)O.CC(C)C(C)(C)C.CC(C)C(N)=O.CC(C)N.CC(C)NC(N)=O.CNC(C)C. The number of rotatable bonds is 6. The van der Waals surface area contributed by atoms with E-state index in [1.165, 1.54) is 25.7 Å². The zero-order valence-corrected chi connectivity index (χ0v) is 33.3. The van der Waals surface area contributed by atoms with Gasteiger partial charge in [0.2, 0.25) is 11.8 Å². The molecule has 0 atom stereocenters. The maximum absolute atomic E-state index is 11.2. The van der Waals surface area contributed by atoms with Gasteiger partial charge in [-0.25, -0.2) is 4.79 Å². The van der Waals surface area contributed by atoms with Crippen LogP contribution in [-0.2, 0) is 14.4 Å². The predicted molar refractivity (Wildman–Crippen MR) is 204 cm³/mol. The van der Waals surface area contributed by atoms with Crippen molar-refractivity contribution in [2.45, 2.75) is 175 Å². The van der Waals surface area contributed by atoms with Crippen LogP contribution in [0.25, 0.3) is 0 Å². The van der Waals surface area contributed by atoms with Crippen LogP contribution in [0.4, 0.5) is 4.79 Å². The molecule has 4 amide bonds. The fourth-order valence-electron chi connectivity index (χ4n) is 1.72. The van der Waals surface area contributed by atoms with E-state index in [1.54, 1.807) is 27.7 Å². The van der Waals surface area contributed by atoms with Gasteiger partial charge in [0.15, 0.2) is 0 Å². The summed E-state index contributed by atoms with van der Waals surface area (Å²) in [6.07, 6.45) is 4.92. The lowest BCUT2D eigenvalue weighted by molar-refractivity contribution is -0.140. The Morgan fingerprint density at radius 1 is 0.702 bits per heavy atom. The minimum Gasteiger partial charge on any atom is -0.481 e. The Labute approximate surface area is 292 Å². The lowest BCUT2D eigenvalue weighted by Gasteiger charge is -2.22. The van der Waals surface area contributed by atoms with Gasteiger partial charge >= 0.3 is 12.0 Å². The second-order valence-corrected chi connectivity index (χ2v) is 14.6. The van der Waals surface area contributed by atoms with E-state index in [4.69, 9.17) is 22.3 Å². The topological polar surface area (TPSA) is 203 Å². The third kappa shape index (κ3) is 71.0.